The Balaban J connectivity index is 2.86. The van der Waals surface area contributed by atoms with Gasteiger partial charge in [-0.25, -0.2) is 0 Å². The number of aromatic hydroxyl groups is 1. The van der Waals surface area contributed by atoms with E-state index in [-0.39, 0.29) is 22.3 Å². The molecular weight excluding hydrogens is 314 g/mol. The summed E-state index contributed by atoms with van der Waals surface area (Å²) >= 11 is 5.12. The summed E-state index contributed by atoms with van der Waals surface area (Å²) < 4.78 is 1.75. The number of nitrogens with one attached hydrogen (secondary N) is 2. The minimum Gasteiger partial charge on any atom is -0.494 e. The first-order valence-electron chi connectivity index (χ1n) is 8.02. The van der Waals surface area contributed by atoms with Crippen LogP contribution in [0.15, 0.2) is 9.90 Å². The lowest BCUT2D eigenvalue weighted by molar-refractivity contribution is 0.303. The van der Waals surface area contributed by atoms with Crippen LogP contribution in [0.1, 0.15) is 45.7 Å². The molecule has 0 unspecified atom stereocenters. The zero-order valence-electron chi connectivity index (χ0n) is 14.3. The Morgan fingerprint density at radius 1 is 1.43 bits per heavy atom. The normalized spacial score (nSPS) is 12.9. The molecule has 130 valence electrons. The van der Waals surface area contributed by atoms with E-state index in [0.29, 0.717) is 6.54 Å². The molecule has 0 aliphatic carbocycles. The molecule has 0 saturated heterocycles. The molecule has 1 heterocycles. The quantitative estimate of drug-likeness (QED) is 0.276. The summed E-state index contributed by atoms with van der Waals surface area (Å²) in [4.78, 5) is 16.8. The van der Waals surface area contributed by atoms with Gasteiger partial charge < -0.3 is 15.4 Å². The monoisotopic (exact) mass is 341 g/mol. The van der Waals surface area contributed by atoms with Gasteiger partial charge in [-0.05, 0) is 38.7 Å². The minimum absolute atomic E-state index is 0.0119. The van der Waals surface area contributed by atoms with Crippen LogP contribution < -0.4 is 11.0 Å². The van der Waals surface area contributed by atoms with Gasteiger partial charge in [-0.15, -0.1) is 0 Å². The van der Waals surface area contributed by atoms with Gasteiger partial charge in [0.1, 0.15) is 5.56 Å². The van der Waals surface area contributed by atoms with Crippen molar-refractivity contribution in [3.05, 3.63) is 20.7 Å². The Morgan fingerprint density at radius 2 is 2.09 bits per heavy atom. The third-order valence-corrected chi connectivity index (χ3v) is 4.20. The molecule has 0 amide bonds. The third-order valence-electron chi connectivity index (χ3n) is 3.90. The van der Waals surface area contributed by atoms with Crippen LogP contribution in [-0.2, 0) is 0 Å². The standard InChI is InChI=1S/C15H27N5O2S/c1-5-11(4)20-14(22)12(13(21)18-15(20)23)10-17-16-8-9-19(6-2)7-3/h10-11,16,22H,5-9H2,1-4H3,(H,18,21,23)/t11-/m0/s1. The molecular formula is C15H27N5O2S. The van der Waals surface area contributed by atoms with Gasteiger partial charge in [0.15, 0.2) is 4.77 Å². The molecule has 1 aromatic heterocycles. The Kier molecular flexibility index (Phi) is 7.97. The molecule has 0 aliphatic rings. The predicted molar refractivity (Wildman–Crippen MR) is 95.9 cm³/mol. The van der Waals surface area contributed by atoms with Crippen molar-refractivity contribution in [3.8, 4) is 5.88 Å². The lowest BCUT2D eigenvalue weighted by Gasteiger charge is -2.17. The number of hydrazone groups is 1. The van der Waals surface area contributed by atoms with E-state index in [0.717, 1.165) is 26.1 Å². The second kappa shape index (κ2) is 9.46. The van der Waals surface area contributed by atoms with E-state index in [1.165, 1.54) is 10.8 Å². The number of aromatic nitrogens is 2. The van der Waals surface area contributed by atoms with Gasteiger partial charge in [0.2, 0.25) is 5.88 Å². The van der Waals surface area contributed by atoms with E-state index < -0.39 is 5.56 Å². The smallest absolute Gasteiger partial charge is 0.264 e. The van der Waals surface area contributed by atoms with Gasteiger partial charge in [0.25, 0.3) is 5.56 Å². The summed E-state index contributed by atoms with van der Waals surface area (Å²) in [6.07, 6.45) is 2.12. The topological polar surface area (TPSA) is 85.7 Å². The molecule has 0 radical (unpaired) electrons. The van der Waals surface area contributed by atoms with Crippen LogP contribution in [0, 0.1) is 4.77 Å². The van der Waals surface area contributed by atoms with Crippen LogP contribution in [-0.4, -0.2) is 52.0 Å². The zero-order chi connectivity index (χ0) is 17.4. The molecule has 0 aliphatic heterocycles. The maximum absolute atomic E-state index is 12.0. The van der Waals surface area contributed by atoms with Gasteiger partial charge in [-0.2, -0.15) is 5.10 Å². The highest BCUT2D eigenvalue weighted by molar-refractivity contribution is 7.71. The summed E-state index contributed by atoms with van der Waals surface area (Å²) in [5.74, 6) is -0.151. The van der Waals surface area contributed by atoms with Crippen molar-refractivity contribution in [2.45, 2.75) is 40.2 Å². The summed E-state index contributed by atoms with van der Waals surface area (Å²) in [6, 6.07) is -0.0119. The molecule has 7 nitrogen and oxygen atoms in total. The molecule has 1 rings (SSSR count). The van der Waals surface area contributed by atoms with Crippen molar-refractivity contribution < 1.29 is 5.11 Å². The Bertz CT molecular complexity index is 634. The Morgan fingerprint density at radius 3 is 2.65 bits per heavy atom. The van der Waals surface area contributed by atoms with Gasteiger partial charge in [-0.1, -0.05) is 20.8 Å². The highest BCUT2D eigenvalue weighted by Crippen LogP contribution is 2.19. The first kappa shape index (κ1) is 19.4. The predicted octanol–water partition coefficient (Wildman–Crippen LogP) is 1.85. The Labute approximate surface area is 142 Å². The van der Waals surface area contributed by atoms with Gasteiger partial charge in [-0.3, -0.25) is 14.3 Å². The minimum atomic E-state index is -0.443. The van der Waals surface area contributed by atoms with Crippen molar-refractivity contribution in [3.63, 3.8) is 0 Å². The number of likely N-dealkylation sites (N-methyl/N-ethyl adjacent to an activating group) is 1. The van der Waals surface area contributed by atoms with E-state index in [2.05, 4.69) is 34.3 Å². The van der Waals surface area contributed by atoms with Crippen molar-refractivity contribution in [2.75, 3.05) is 26.2 Å². The van der Waals surface area contributed by atoms with Crippen LogP contribution in [0.5, 0.6) is 5.88 Å². The number of aromatic amines is 1. The molecule has 0 bridgehead atoms. The Hall–Kier alpha value is -1.67. The van der Waals surface area contributed by atoms with E-state index >= 15 is 0 Å². The average Bonchev–Trinajstić information content (AvgIpc) is 2.52. The lowest BCUT2D eigenvalue weighted by atomic mass is 10.2. The number of hydrogen-bond donors (Lipinski definition) is 3. The van der Waals surface area contributed by atoms with Crippen LogP contribution in [0.3, 0.4) is 0 Å². The van der Waals surface area contributed by atoms with Gasteiger partial charge in [0.05, 0.1) is 6.21 Å². The molecule has 3 N–H and O–H groups in total. The van der Waals surface area contributed by atoms with E-state index in [9.17, 15) is 9.90 Å². The molecule has 1 aromatic rings. The largest absolute Gasteiger partial charge is 0.494 e. The van der Waals surface area contributed by atoms with Crippen molar-refractivity contribution >= 4 is 18.4 Å². The second-order valence-electron chi connectivity index (χ2n) is 5.32. The van der Waals surface area contributed by atoms with Crippen molar-refractivity contribution in [1.82, 2.24) is 19.9 Å². The van der Waals surface area contributed by atoms with Gasteiger partial charge >= 0.3 is 0 Å². The fourth-order valence-electron chi connectivity index (χ4n) is 2.18. The SMILES string of the molecule is CC[C@H](C)n1c(O)c(C=NNCCN(CC)CC)c(=O)[nH]c1=S. The maximum Gasteiger partial charge on any atom is 0.264 e. The highest BCUT2D eigenvalue weighted by atomic mass is 32.1. The van der Waals surface area contributed by atoms with Crippen molar-refractivity contribution in [1.29, 1.82) is 0 Å². The van der Waals surface area contributed by atoms with E-state index in [1.807, 2.05) is 13.8 Å². The van der Waals surface area contributed by atoms with E-state index in [1.54, 1.807) is 0 Å². The lowest BCUT2D eigenvalue weighted by Crippen LogP contribution is -2.30. The third kappa shape index (κ3) is 5.18. The maximum atomic E-state index is 12.0. The fraction of sp³-hybridized carbons (Fsp3) is 0.667. The van der Waals surface area contributed by atoms with Crippen LogP contribution >= 0.6 is 12.2 Å². The number of H-pyrrole nitrogens is 1. The number of nitrogens with zero attached hydrogens (tertiary/aromatic N) is 3. The molecule has 0 aromatic carbocycles. The summed E-state index contributed by atoms with van der Waals surface area (Å²) in [6.45, 7) is 11.6. The number of hydrogen-bond acceptors (Lipinski definition) is 6. The molecule has 1 atom stereocenters. The molecule has 0 spiro atoms. The summed E-state index contributed by atoms with van der Waals surface area (Å²) in [5.41, 5.74) is 2.56. The zero-order valence-corrected chi connectivity index (χ0v) is 15.1. The summed E-state index contributed by atoms with van der Waals surface area (Å²) in [5, 5.41) is 14.4. The fourth-order valence-corrected chi connectivity index (χ4v) is 2.54. The molecule has 23 heavy (non-hydrogen) atoms. The van der Waals surface area contributed by atoms with Crippen LogP contribution in [0.2, 0.25) is 0 Å². The first-order valence-corrected chi connectivity index (χ1v) is 8.43. The molecule has 0 fully saturated rings. The second-order valence-corrected chi connectivity index (χ2v) is 5.70. The number of rotatable bonds is 9. The van der Waals surface area contributed by atoms with E-state index in [4.69, 9.17) is 12.2 Å². The first-order chi connectivity index (χ1) is 11.0. The summed E-state index contributed by atoms with van der Waals surface area (Å²) in [7, 11) is 0. The van der Waals surface area contributed by atoms with Crippen LogP contribution in [0.25, 0.3) is 0 Å². The molecule has 8 heteroatoms. The highest BCUT2D eigenvalue weighted by Gasteiger charge is 2.14. The van der Waals surface area contributed by atoms with Crippen LogP contribution in [0.4, 0.5) is 0 Å². The molecule has 0 saturated carbocycles. The van der Waals surface area contributed by atoms with Gasteiger partial charge in [0, 0.05) is 19.1 Å². The average molecular weight is 341 g/mol. The van der Waals surface area contributed by atoms with Crippen molar-refractivity contribution in [2.24, 2.45) is 5.10 Å².